The number of aliphatic hydroxyl groups is 1. The van der Waals surface area contributed by atoms with Crippen LogP contribution in [0.1, 0.15) is 15.9 Å². The molecule has 0 saturated carbocycles. The second kappa shape index (κ2) is 9.83. The van der Waals surface area contributed by atoms with Crippen molar-refractivity contribution in [1.29, 1.82) is 0 Å². The van der Waals surface area contributed by atoms with Gasteiger partial charge in [0.05, 0.1) is 33.0 Å². The number of amides is 2. The second-order valence-electron chi connectivity index (χ2n) is 6.92. The zero-order chi connectivity index (χ0) is 19.9. The minimum absolute atomic E-state index is 0.0176. The fourth-order valence-electron chi connectivity index (χ4n) is 3.35. The number of hydrogen-bond donors (Lipinski definition) is 3. The molecule has 1 atom stereocenters. The van der Waals surface area contributed by atoms with Crippen LogP contribution in [0.15, 0.2) is 18.2 Å². The molecule has 28 heavy (non-hydrogen) atoms. The molecular weight excluding hydrogens is 366 g/mol. The van der Waals surface area contributed by atoms with Gasteiger partial charge in [0, 0.05) is 38.3 Å². The minimum atomic E-state index is -1.03. The number of carbonyl (C=O) groups excluding carboxylic acids is 2. The molecule has 0 aromatic heterocycles. The highest BCUT2D eigenvalue weighted by molar-refractivity contribution is 5.98. The molecule has 2 fully saturated rings. The number of ether oxygens (including phenoxy) is 2. The Morgan fingerprint density at radius 2 is 1.68 bits per heavy atom. The van der Waals surface area contributed by atoms with E-state index in [1.807, 2.05) is 0 Å². The summed E-state index contributed by atoms with van der Waals surface area (Å²) in [5.41, 5.74) is 1.04. The lowest BCUT2D eigenvalue weighted by atomic mass is 10.1. The quantitative estimate of drug-likeness (QED) is 0.579. The summed E-state index contributed by atoms with van der Waals surface area (Å²) in [7, 11) is 0. The molecule has 0 radical (unpaired) electrons. The summed E-state index contributed by atoms with van der Waals surface area (Å²) < 4.78 is 10.5. The third-order valence-corrected chi connectivity index (χ3v) is 4.86. The van der Waals surface area contributed by atoms with Crippen LogP contribution in [-0.2, 0) is 20.8 Å². The SMILES string of the molecule is O=C(N[C@@H](CO)C(=O)N1CCOCC1)c1cc(O)cc(CN2CCOCC2)c1. The number of nitrogens with zero attached hydrogens (tertiary/aromatic N) is 2. The van der Waals surface area contributed by atoms with Gasteiger partial charge in [-0.2, -0.15) is 0 Å². The summed E-state index contributed by atoms with van der Waals surface area (Å²) in [4.78, 5) is 28.9. The lowest BCUT2D eigenvalue weighted by Gasteiger charge is -2.30. The molecular formula is C19H27N3O6. The van der Waals surface area contributed by atoms with Crippen LogP contribution >= 0.6 is 0 Å². The molecule has 9 nitrogen and oxygen atoms in total. The van der Waals surface area contributed by atoms with Gasteiger partial charge in [-0.05, 0) is 23.8 Å². The first-order valence-corrected chi connectivity index (χ1v) is 9.48. The maximum Gasteiger partial charge on any atom is 0.252 e. The largest absolute Gasteiger partial charge is 0.508 e. The number of rotatable bonds is 6. The lowest BCUT2D eigenvalue weighted by molar-refractivity contribution is -0.138. The summed E-state index contributed by atoms with van der Waals surface area (Å²) >= 11 is 0. The van der Waals surface area contributed by atoms with Crippen molar-refractivity contribution in [2.75, 3.05) is 59.2 Å². The third kappa shape index (κ3) is 5.41. The number of aromatic hydroxyl groups is 1. The van der Waals surface area contributed by atoms with Gasteiger partial charge in [0.1, 0.15) is 11.8 Å². The van der Waals surface area contributed by atoms with Gasteiger partial charge in [-0.15, -0.1) is 0 Å². The van der Waals surface area contributed by atoms with Crippen LogP contribution in [0.2, 0.25) is 0 Å². The molecule has 2 heterocycles. The molecule has 0 bridgehead atoms. The van der Waals surface area contributed by atoms with Crippen molar-refractivity contribution in [1.82, 2.24) is 15.1 Å². The Kier molecular flexibility index (Phi) is 7.21. The number of morpholine rings is 2. The number of phenolic OH excluding ortho intramolecular Hbond substituents is 1. The first-order valence-electron chi connectivity index (χ1n) is 9.48. The molecule has 2 aliphatic heterocycles. The van der Waals surface area contributed by atoms with Crippen LogP contribution in [0.25, 0.3) is 0 Å². The predicted octanol–water partition coefficient (Wildman–Crippen LogP) is -0.826. The van der Waals surface area contributed by atoms with Crippen molar-refractivity contribution < 1.29 is 29.3 Å². The van der Waals surface area contributed by atoms with E-state index in [1.54, 1.807) is 17.0 Å². The fourth-order valence-corrected chi connectivity index (χ4v) is 3.35. The van der Waals surface area contributed by atoms with Crippen molar-refractivity contribution in [2.24, 2.45) is 0 Å². The molecule has 154 valence electrons. The molecule has 0 aliphatic carbocycles. The van der Waals surface area contributed by atoms with Gasteiger partial charge in [0.15, 0.2) is 0 Å². The van der Waals surface area contributed by atoms with Crippen molar-refractivity contribution in [3.63, 3.8) is 0 Å². The third-order valence-electron chi connectivity index (χ3n) is 4.86. The van der Waals surface area contributed by atoms with E-state index in [2.05, 4.69) is 10.2 Å². The van der Waals surface area contributed by atoms with Gasteiger partial charge >= 0.3 is 0 Å². The Balaban J connectivity index is 1.65. The zero-order valence-electron chi connectivity index (χ0n) is 15.8. The maximum absolute atomic E-state index is 12.6. The van der Waals surface area contributed by atoms with E-state index in [0.29, 0.717) is 46.1 Å². The summed E-state index contributed by atoms with van der Waals surface area (Å²) in [6.45, 7) is 4.74. The average Bonchev–Trinajstić information content (AvgIpc) is 2.72. The number of phenols is 1. The van der Waals surface area contributed by atoms with Crippen LogP contribution in [-0.4, -0.2) is 97.1 Å². The van der Waals surface area contributed by atoms with Gasteiger partial charge in [-0.3, -0.25) is 14.5 Å². The Bertz CT molecular complexity index is 686. The Hall–Kier alpha value is -2.20. The van der Waals surface area contributed by atoms with E-state index in [-0.39, 0.29) is 17.2 Å². The first-order chi connectivity index (χ1) is 13.6. The molecule has 2 aliphatic rings. The molecule has 0 spiro atoms. The van der Waals surface area contributed by atoms with Crippen LogP contribution in [0, 0.1) is 0 Å². The molecule has 2 saturated heterocycles. The van der Waals surface area contributed by atoms with Gasteiger partial charge in [-0.25, -0.2) is 0 Å². The highest BCUT2D eigenvalue weighted by Crippen LogP contribution is 2.18. The zero-order valence-corrected chi connectivity index (χ0v) is 15.8. The summed E-state index contributed by atoms with van der Waals surface area (Å²) in [5, 5.41) is 22.2. The summed E-state index contributed by atoms with van der Waals surface area (Å²) in [6, 6.07) is 3.63. The van der Waals surface area contributed by atoms with Crippen LogP contribution in [0.3, 0.4) is 0 Å². The van der Waals surface area contributed by atoms with Gasteiger partial charge in [-0.1, -0.05) is 0 Å². The highest BCUT2D eigenvalue weighted by atomic mass is 16.5. The topological polar surface area (TPSA) is 112 Å². The number of nitrogens with one attached hydrogen (secondary N) is 1. The number of hydrogen-bond acceptors (Lipinski definition) is 7. The highest BCUT2D eigenvalue weighted by Gasteiger charge is 2.27. The summed E-state index contributed by atoms with van der Waals surface area (Å²) in [6.07, 6.45) is 0. The molecule has 1 aromatic carbocycles. The average molecular weight is 393 g/mol. The van der Waals surface area contributed by atoms with E-state index in [4.69, 9.17) is 9.47 Å². The maximum atomic E-state index is 12.6. The molecule has 9 heteroatoms. The molecule has 3 rings (SSSR count). The van der Waals surface area contributed by atoms with Crippen LogP contribution in [0.4, 0.5) is 0 Å². The fraction of sp³-hybridized carbons (Fsp3) is 0.579. The normalized spacial score (nSPS) is 19.2. The Morgan fingerprint density at radius 3 is 2.32 bits per heavy atom. The Labute approximate surface area is 163 Å². The van der Waals surface area contributed by atoms with Crippen LogP contribution < -0.4 is 5.32 Å². The van der Waals surface area contributed by atoms with Crippen LogP contribution in [0.5, 0.6) is 5.75 Å². The van der Waals surface area contributed by atoms with E-state index in [0.717, 1.165) is 18.7 Å². The van der Waals surface area contributed by atoms with Crippen molar-refractivity contribution in [2.45, 2.75) is 12.6 Å². The number of aliphatic hydroxyl groups excluding tert-OH is 1. The van der Waals surface area contributed by atoms with E-state index < -0.39 is 18.6 Å². The smallest absolute Gasteiger partial charge is 0.252 e. The number of benzene rings is 1. The lowest BCUT2D eigenvalue weighted by Crippen LogP contribution is -2.53. The molecule has 0 unspecified atom stereocenters. The van der Waals surface area contributed by atoms with E-state index in [9.17, 15) is 19.8 Å². The van der Waals surface area contributed by atoms with E-state index in [1.165, 1.54) is 6.07 Å². The van der Waals surface area contributed by atoms with Crippen molar-refractivity contribution in [3.8, 4) is 5.75 Å². The Morgan fingerprint density at radius 1 is 1.04 bits per heavy atom. The van der Waals surface area contributed by atoms with Gasteiger partial charge in [0.2, 0.25) is 5.91 Å². The van der Waals surface area contributed by atoms with Crippen molar-refractivity contribution in [3.05, 3.63) is 29.3 Å². The monoisotopic (exact) mass is 393 g/mol. The number of carbonyl (C=O) groups is 2. The standard InChI is InChI=1S/C19H27N3O6/c23-13-17(19(26)22-3-7-28-8-4-22)20-18(25)15-9-14(10-16(24)11-15)12-21-1-5-27-6-2-21/h9-11,17,23-24H,1-8,12-13H2,(H,20,25)/t17-/m0/s1. The molecule has 2 amide bonds. The molecule has 1 aromatic rings. The van der Waals surface area contributed by atoms with Gasteiger partial charge in [0.25, 0.3) is 5.91 Å². The van der Waals surface area contributed by atoms with E-state index >= 15 is 0 Å². The first kappa shape index (κ1) is 20.5. The minimum Gasteiger partial charge on any atom is -0.508 e. The van der Waals surface area contributed by atoms with Gasteiger partial charge < -0.3 is 29.9 Å². The predicted molar refractivity (Wildman–Crippen MR) is 99.9 cm³/mol. The summed E-state index contributed by atoms with van der Waals surface area (Å²) in [5.74, 6) is -0.872. The molecule has 3 N–H and O–H groups in total. The second-order valence-corrected chi connectivity index (χ2v) is 6.92. The van der Waals surface area contributed by atoms with Crippen molar-refractivity contribution >= 4 is 11.8 Å².